The van der Waals surface area contributed by atoms with E-state index in [-0.39, 0.29) is 6.10 Å². The summed E-state index contributed by atoms with van der Waals surface area (Å²) in [4.78, 5) is 0. The Morgan fingerprint density at radius 3 is 3.00 bits per heavy atom. The molecule has 4 heteroatoms. The SMILES string of the molecule is Cn1cc(CC(O)CC2CC2)nn1. The summed E-state index contributed by atoms with van der Waals surface area (Å²) in [5.74, 6) is 0.770. The number of hydrogen-bond acceptors (Lipinski definition) is 3. The van der Waals surface area contributed by atoms with Crippen molar-refractivity contribution in [2.45, 2.75) is 31.8 Å². The Morgan fingerprint density at radius 2 is 2.46 bits per heavy atom. The smallest absolute Gasteiger partial charge is 0.0852 e. The Balaban J connectivity index is 1.82. The molecular weight excluding hydrogens is 166 g/mol. The third-order valence-electron chi connectivity index (χ3n) is 2.40. The summed E-state index contributed by atoms with van der Waals surface area (Å²) in [5.41, 5.74) is 0.885. The van der Waals surface area contributed by atoms with Crippen LogP contribution < -0.4 is 0 Å². The fourth-order valence-electron chi connectivity index (χ4n) is 1.55. The van der Waals surface area contributed by atoms with Crippen LogP contribution in [-0.2, 0) is 13.5 Å². The highest BCUT2D eigenvalue weighted by Crippen LogP contribution is 2.33. The molecule has 0 radical (unpaired) electrons. The summed E-state index contributed by atoms with van der Waals surface area (Å²) in [6, 6.07) is 0. The van der Waals surface area contributed by atoms with Gasteiger partial charge in [-0.05, 0) is 12.3 Å². The van der Waals surface area contributed by atoms with Gasteiger partial charge in [-0.1, -0.05) is 18.1 Å². The molecule has 1 aliphatic rings. The summed E-state index contributed by atoms with van der Waals surface area (Å²) in [6.07, 6.45) is 5.77. The van der Waals surface area contributed by atoms with Crippen LogP contribution in [0, 0.1) is 5.92 Å². The zero-order valence-corrected chi connectivity index (χ0v) is 7.85. The second kappa shape index (κ2) is 3.46. The maximum atomic E-state index is 9.65. The van der Waals surface area contributed by atoms with Gasteiger partial charge < -0.3 is 5.11 Å². The Morgan fingerprint density at radius 1 is 1.69 bits per heavy atom. The summed E-state index contributed by atoms with van der Waals surface area (Å²) in [7, 11) is 1.84. The fraction of sp³-hybridized carbons (Fsp3) is 0.778. The van der Waals surface area contributed by atoms with Crippen LogP contribution in [-0.4, -0.2) is 26.2 Å². The largest absolute Gasteiger partial charge is 0.393 e. The van der Waals surface area contributed by atoms with Gasteiger partial charge in [0.25, 0.3) is 0 Å². The molecule has 0 spiro atoms. The second-order valence-electron chi connectivity index (χ2n) is 3.92. The van der Waals surface area contributed by atoms with Crippen LogP contribution in [0.25, 0.3) is 0 Å². The van der Waals surface area contributed by atoms with Crippen LogP contribution in [0.5, 0.6) is 0 Å². The molecule has 2 rings (SSSR count). The monoisotopic (exact) mass is 181 g/mol. The predicted octanol–water partition coefficient (Wildman–Crippen LogP) is 0.519. The van der Waals surface area contributed by atoms with Gasteiger partial charge in [0, 0.05) is 19.7 Å². The van der Waals surface area contributed by atoms with Crippen LogP contribution in [0.3, 0.4) is 0 Å². The van der Waals surface area contributed by atoms with E-state index >= 15 is 0 Å². The molecule has 1 saturated carbocycles. The molecule has 0 aliphatic heterocycles. The highest BCUT2D eigenvalue weighted by molar-refractivity contribution is 4.94. The highest BCUT2D eigenvalue weighted by Gasteiger charge is 2.24. The van der Waals surface area contributed by atoms with Gasteiger partial charge in [-0.25, -0.2) is 0 Å². The zero-order chi connectivity index (χ0) is 9.26. The van der Waals surface area contributed by atoms with Gasteiger partial charge in [0.15, 0.2) is 0 Å². The topological polar surface area (TPSA) is 50.9 Å². The first-order valence-corrected chi connectivity index (χ1v) is 4.77. The van der Waals surface area contributed by atoms with Crippen molar-refractivity contribution in [1.82, 2.24) is 15.0 Å². The minimum Gasteiger partial charge on any atom is -0.393 e. The first kappa shape index (κ1) is 8.69. The van der Waals surface area contributed by atoms with E-state index in [4.69, 9.17) is 0 Å². The lowest BCUT2D eigenvalue weighted by Crippen LogP contribution is -2.11. The minimum absolute atomic E-state index is 0.232. The van der Waals surface area contributed by atoms with Crippen molar-refractivity contribution in [1.29, 1.82) is 0 Å². The molecule has 0 saturated heterocycles. The van der Waals surface area contributed by atoms with Gasteiger partial charge in [0.2, 0.25) is 0 Å². The van der Waals surface area contributed by atoms with Crippen LogP contribution in [0.4, 0.5) is 0 Å². The molecule has 0 aromatic carbocycles. The number of nitrogens with zero attached hydrogens (tertiary/aromatic N) is 3. The number of aliphatic hydroxyl groups excluding tert-OH is 1. The number of aryl methyl sites for hydroxylation is 1. The van der Waals surface area contributed by atoms with E-state index in [1.165, 1.54) is 12.8 Å². The maximum Gasteiger partial charge on any atom is 0.0852 e. The van der Waals surface area contributed by atoms with Crippen molar-refractivity contribution in [2.24, 2.45) is 13.0 Å². The number of aliphatic hydroxyl groups is 1. The lowest BCUT2D eigenvalue weighted by atomic mass is 10.1. The molecule has 72 valence electrons. The summed E-state index contributed by atoms with van der Waals surface area (Å²) in [5, 5.41) is 17.4. The molecule has 1 unspecified atom stereocenters. The van der Waals surface area contributed by atoms with Crippen LogP contribution in [0.15, 0.2) is 6.20 Å². The first-order chi connectivity index (χ1) is 6.24. The summed E-state index contributed by atoms with van der Waals surface area (Å²) >= 11 is 0. The second-order valence-corrected chi connectivity index (χ2v) is 3.92. The number of rotatable bonds is 4. The van der Waals surface area contributed by atoms with E-state index in [0.29, 0.717) is 6.42 Å². The normalized spacial score (nSPS) is 18.9. The van der Waals surface area contributed by atoms with Gasteiger partial charge in [-0.2, -0.15) is 0 Å². The minimum atomic E-state index is -0.232. The average Bonchev–Trinajstić information content (AvgIpc) is 2.76. The summed E-state index contributed by atoms with van der Waals surface area (Å²) in [6.45, 7) is 0. The third kappa shape index (κ3) is 2.52. The molecule has 1 heterocycles. The molecule has 0 bridgehead atoms. The number of hydrogen-bond donors (Lipinski definition) is 1. The van der Waals surface area contributed by atoms with Crippen molar-refractivity contribution in [3.8, 4) is 0 Å². The molecular formula is C9H15N3O. The highest BCUT2D eigenvalue weighted by atomic mass is 16.3. The summed E-state index contributed by atoms with van der Waals surface area (Å²) < 4.78 is 1.67. The molecule has 1 N–H and O–H groups in total. The van der Waals surface area contributed by atoms with Gasteiger partial charge >= 0.3 is 0 Å². The van der Waals surface area contributed by atoms with E-state index < -0.39 is 0 Å². The molecule has 4 nitrogen and oxygen atoms in total. The lowest BCUT2D eigenvalue weighted by Gasteiger charge is -2.06. The Kier molecular flexibility index (Phi) is 2.31. The standard InChI is InChI=1S/C9H15N3O/c1-12-6-8(10-11-12)5-9(13)4-7-2-3-7/h6-7,9,13H,2-5H2,1H3. The zero-order valence-electron chi connectivity index (χ0n) is 7.85. The van der Waals surface area contributed by atoms with Crippen molar-refractivity contribution in [3.63, 3.8) is 0 Å². The van der Waals surface area contributed by atoms with Gasteiger partial charge in [0.1, 0.15) is 0 Å². The maximum absolute atomic E-state index is 9.65. The quantitative estimate of drug-likeness (QED) is 0.736. The molecule has 0 amide bonds. The molecule has 1 aliphatic carbocycles. The Bertz CT molecular complexity index is 280. The van der Waals surface area contributed by atoms with Crippen molar-refractivity contribution in [2.75, 3.05) is 0 Å². The van der Waals surface area contributed by atoms with Gasteiger partial charge in [0.05, 0.1) is 11.8 Å². The predicted molar refractivity (Wildman–Crippen MR) is 48.1 cm³/mol. The molecule has 1 aromatic rings. The third-order valence-corrected chi connectivity index (χ3v) is 2.40. The van der Waals surface area contributed by atoms with Gasteiger partial charge in [-0.15, -0.1) is 5.10 Å². The Labute approximate surface area is 77.6 Å². The van der Waals surface area contributed by atoms with Crippen LogP contribution >= 0.6 is 0 Å². The van der Waals surface area contributed by atoms with Crippen molar-refractivity contribution >= 4 is 0 Å². The molecule has 13 heavy (non-hydrogen) atoms. The van der Waals surface area contributed by atoms with E-state index in [2.05, 4.69) is 10.3 Å². The Hall–Kier alpha value is -0.900. The molecule has 1 fully saturated rings. The fourth-order valence-corrected chi connectivity index (χ4v) is 1.55. The van der Waals surface area contributed by atoms with E-state index in [1.54, 1.807) is 4.68 Å². The molecule has 1 atom stereocenters. The van der Waals surface area contributed by atoms with E-state index in [9.17, 15) is 5.11 Å². The lowest BCUT2D eigenvalue weighted by molar-refractivity contribution is 0.157. The average molecular weight is 181 g/mol. The number of aromatic nitrogens is 3. The van der Waals surface area contributed by atoms with Crippen LogP contribution in [0.1, 0.15) is 25.0 Å². The molecule has 1 aromatic heterocycles. The van der Waals surface area contributed by atoms with Crippen molar-refractivity contribution in [3.05, 3.63) is 11.9 Å². The first-order valence-electron chi connectivity index (χ1n) is 4.77. The van der Waals surface area contributed by atoms with E-state index in [1.807, 2.05) is 13.2 Å². The van der Waals surface area contributed by atoms with Gasteiger partial charge in [-0.3, -0.25) is 4.68 Å². The van der Waals surface area contributed by atoms with Crippen molar-refractivity contribution < 1.29 is 5.11 Å². The van der Waals surface area contributed by atoms with E-state index in [0.717, 1.165) is 18.0 Å². The van der Waals surface area contributed by atoms with Crippen LogP contribution in [0.2, 0.25) is 0 Å².